The van der Waals surface area contributed by atoms with Crippen LogP contribution in [0.15, 0.2) is 78.9 Å². The van der Waals surface area contributed by atoms with Crippen LogP contribution in [0.2, 0.25) is 0 Å². The highest BCUT2D eigenvalue weighted by Crippen LogP contribution is 2.30. The maximum Gasteiger partial charge on any atom is 0.258 e. The summed E-state index contributed by atoms with van der Waals surface area (Å²) < 4.78 is 1.91. The average molecular weight is 480 g/mol. The van der Waals surface area contributed by atoms with Gasteiger partial charge in [-0.25, -0.2) is 0 Å². The molecule has 2 heterocycles. The maximum atomic E-state index is 13.1. The Morgan fingerprint density at radius 3 is 2.47 bits per heavy atom. The lowest BCUT2D eigenvalue weighted by Crippen LogP contribution is -2.42. The Kier molecular flexibility index (Phi) is 6.08. The molecule has 3 aromatic carbocycles. The van der Waals surface area contributed by atoms with Gasteiger partial charge in [-0.2, -0.15) is 5.10 Å². The van der Waals surface area contributed by atoms with Gasteiger partial charge in [0, 0.05) is 22.5 Å². The fourth-order valence-electron chi connectivity index (χ4n) is 4.29. The normalized spacial score (nSPS) is 12.6. The third-order valence-electron chi connectivity index (χ3n) is 6.03. The Hall–Kier alpha value is -4.72. The number of fused-ring (bicyclic) bond motifs is 1. The van der Waals surface area contributed by atoms with Crippen LogP contribution >= 0.6 is 0 Å². The molecular weight excluding hydrogens is 454 g/mol. The molecule has 0 saturated carbocycles. The van der Waals surface area contributed by atoms with Crippen molar-refractivity contribution in [2.24, 2.45) is 0 Å². The van der Waals surface area contributed by atoms with Gasteiger partial charge in [0.05, 0.1) is 23.6 Å². The van der Waals surface area contributed by atoms with Crippen molar-refractivity contribution in [2.45, 2.75) is 20.4 Å². The highest BCUT2D eigenvalue weighted by atomic mass is 16.2. The molecule has 0 spiro atoms. The van der Waals surface area contributed by atoms with Crippen LogP contribution in [-0.4, -0.2) is 34.0 Å². The summed E-state index contributed by atoms with van der Waals surface area (Å²) in [5.41, 5.74) is 5.76. The summed E-state index contributed by atoms with van der Waals surface area (Å²) in [5, 5.41) is 10.1. The first-order valence-corrected chi connectivity index (χ1v) is 11.6. The highest BCUT2D eigenvalue weighted by Gasteiger charge is 2.27. The van der Waals surface area contributed by atoms with E-state index in [1.165, 1.54) is 4.90 Å². The van der Waals surface area contributed by atoms with Gasteiger partial charge >= 0.3 is 0 Å². The zero-order valence-corrected chi connectivity index (χ0v) is 20.0. The van der Waals surface area contributed by atoms with Gasteiger partial charge in [0.25, 0.3) is 11.8 Å². The van der Waals surface area contributed by atoms with Crippen molar-refractivity contribution in [3.63, 3.8) is 0 Å². The van der Waals surface area contributed by atoms with E-state index in [2.05, 4.69) is 15.7 Å². The van der Waals surface area contributed by atoms with Crippen LogP contribution in [0.5, 0.6) is 0 Å². The monoisotopic (exact) mass is 479 g/mol. The lowest BCUT2D eigenvalue weighted by molar-refractivity contribution is -0.115. The number of hydrogen-bond donors (Lipinski definition) is 2. The Balaban J connectivity index is 1.28. The number of para-hydroxylation sites is 2. The minimum absolute atomic E-state index is 0.0533. The Bertz CT molecular complexity index is 1470. The number of aryl methyl sites for hydroxylation is 2. The van der Waals surface area contributed by atoms with Crippen molar-refractivity contribution >= 4 is 34.8 Å². The molecule has 1 aliphatic heterocycles. The Morgan fingerprint density at radius 2 is 1.72 bits per heavy atom. The van der Waals surface area contributed by atoms with E-state index in [4.69, 9.17) is 0 Å². The van der Waals surface area contributed by atoms with Crippen LogP contribution in [0.4, 0.5) is 17.1 Å². The first-order valence-electron chi connectivity index (χ1n) is 11.6. The second-order valence-corrected chi connectivity index (χ2v) is 8.77. The number of nitrogens with zero attached hydrogens (tertiary/aromatic N) is 3. The topological polar surface area (TPSA) is 96.3 Å². The maximum absolute atomic E-state index is 13.1. The van der Waals surface area contributed by atoms with E-state index in [0.29, 0.717) is 34.7 Å². The van der Waals surface area contributed by atoms with Crippen LogP contribution in [0.25, 0.3) is 0 Å². The number of hydrogen-bond acceptors (Lipinski definition) is 4. The standard InChI is InChI=1S/C28H25N5O3/c1-18-14-19(2)33(31-18)16-20-6-5-7-22(15-20)27(35)29-23-12-10-21(11-13-23)28(36)32-17-26(34)30-24-8-3-4-9-25(24)32/h3-15H,16-17H2,1-2H3,(H,29,35)(H,30,34). The number of anilines is 3. The predicted molar refractivity (Wildman–Crippen MR) is 138 cm³/mol. The van der Waals surface area contributed by atoms with Gasteiger partial charge in [0.1, 0.15) is 6.54 Å². The molecule has 180 valence electrons. The summed E-state index contributed by atoms with van der Waals surface area (Å²) in [6.45, 7) is 4.48. The lowest BCUT2D eigenvalue weighted by Gasteiger charge is -2.29. The molecule has 0 saturated heterocycles. The van der Waals surface area contributed by atoms with Gasteiger partial charge in [0.15, 0.2) is 0 Å². The van der Waals surface area contributed by atoms with E-state index in [1.54, 1.807) is 48.5 Å². The summed E-state index contributed by atoms with van der Waals surface area (Å²) >= 11 is 0. The molecule has 8 heteroatoms. The molecule has 0 radical (unpaired) electrons. The first-order chi connectivity index (χ1) is 17.4. The van der Waals surface area contributed by atoms with Crippen molar-refractivity contribution in [2.75, 3.05) is 22.1 Å². The molecule has 0 bridgehead atoms. The summed E-state index contributed by atoms with van der Waals surface area (Å²) in [5.74, 6) is -0.774. The number of amides is 3. The summed E-state index contributed by atoms with van der Waals surface area (Å²) in [7, 11) is 0. The van der Waals surface area contributed by atoms with Crippen LogP contribution in [0, 0.1) is 13.8 Å². The average Bonchev–Trinajstić information content (AvgIpc) is 3.19. The fraction of sp³-hybridized carbons (Fsp3) is 0.143. The van der Waals surface area contributed by atoms with E-state index in [-0.39, 0.29) is 24.3 Å². The molecule has 4 aromatic rings. The molecule has 3 amide bonds. The molecule has 2 N–H and O–H groups in total. The van der Waals surface area contributed by atoms with Crippen molar-refractivity contribution in [3.05, 3.63) is 107 Å². The first kappa shape index (κ1) is 23.0. The van der Waals surface area contributed by atoms with Gasteiger partial charge in [-0.1, -0.05) is 24.3 Å². The smallest absolute Gasteiger partial charge is 0.258 e. The number of carbonyl (C=O) groups excluding carboxylic acids is 3. The molecule has 0 aliphatic carbocycles. The molecule has 1 aliphatic rings. The summed E-state index contributed by atoms with van der Waals surface area (Å²) in [4.78, 5) is 39.5. The number of benzene rings is 3. The summed E-state index contributed by atoms with van der Waals surface area (Å²) in [6.07, 6.45) is 0. The molecule has 36 heavy (non-hydrogen) atoms. The number of rotatable bonds is 5. The van der Waals surface area contributed by atoms with Crippen molar-refractivity contribution in [3.8, 4) is 0 Å². The van der Waals surface area contributed by atoms with Gasteiger partial charge in [-0.15, -0.1) is 0 Å². The van der Waals surface area contributed by atoms with Crippen molar-refractivity contribution in [1.82, 2.24) is 9.78 Å². The van der Waals surface area contributed by atoms with Gasteiger partial charge in [0.2, 0.25) is 5.91 Å². The minimum atomic E-state index is -0.285. The van der Waals surface area contributed by atoms with Crippen molar-refractivity contribution < 1.29 is 14.4 Å². The molecule has 0 unspecified atom stereocenters. The molecule has 1 aromatic heterocycles. The fourth-order valence-corrected chi connectivity index (χ4v) is 4.29. The quantitative estimate of drug-likeness (QED) is 0.444. The highest BCUT2D eigenvalue weighted by molar-refractivity contribution is 6.15. The van der Waals surface area contributed by atoms with E-state index < -0.39 is 0 Å². The SMILES string of the molecule is Cc1cc(C)n(Cc2cccc(C(=O)Nc3ccc(C(=O)N4CC(=O)Nc5ccccc54)cc3)c2)n1. The zero-order chi connectivity index (χ0) is 25.2. The second kappa shape index (κ2) is 9.50. The van der Waals surface area contributed by atoms with Crippen LogP contribution in [0.1, 0.15) is 37.7 Å². The van der Waals surface area contributed by atoms with Gasteiger partial charge in [-0.05, 0) is 74.0 Å². The molecule has 5 rings (SSSR count). The van der Waals surface area contributed by atoms with E-state index in [9.17, 15) is 14.4 Å². The predicted octanol–water partition coefficient (Wildman–Crippen LogP) is 4.40. The number of nitrogens with one attached hydrogen (secondary N) is 2. The van der Waals surface area contributed by atoms with Crippen LogP contribution in [0.3, 0.4) is 0 Å². The molecule has 0 atom stereocenters. The van der Waals surface area contributed by atoms with Gasteiger partial charge in [-0.3, -0.25) is 24.0 Å². The third-order valence-corrected chi connectivity index (χ3v) is 6.03. The summed E-state index contributed by atoms with van der Waals surface area (Å²) in [6, 6.07) is 23.3. The minimum Gasteiger partial charge on any atom is -0.323 e. The van der Waals surface area contributed by atoms with Crippen molar-refractivity contribution in [1.29, 1.82) is 0 Å². The Labute approximate surface area is 208 Å². The number of carbonyl (C=O) groups is 3. The largest absolute Gasteiger partial charge is 0.323 e. The molecule has 8 nitrogen and oxygen atoms in total. The van der Waals surface area contributed by atoms with E-state index in [1.807, 2.05) is 48.9 Å². The van der Waals surface area contributed by atoms with Gasteiger partial charge < -0.3 is 10.6 Å². The number of aromatic nitrogens is 2. The Morgan fingerprint density at radius 1 is 0.944 bits per heavy atom. The third kappa shape index (κ3) is 4.74. The second-order valence-electron chi connectivity index (χ2n) is 8.77. The van der Waals surface area contributed by atoms with E-state index >= 15 is 0 Å². The van der Waals surface area contributed by atoms with Crippen LogP contribution < -0.4 is 15.5 Å². The molecule has 0 fully saturated rings. The zero-order valence-electron chi connectivity index (χ0n) is 20.0. The van der Waals surface area contributed by atoms with Crippen LogP contribution in [-0.2, 0) is 11.3 Å². The lowest BCUT2D eigenvalue weighted by atomic mass is 10.1. The molecular formula is C28H25N5O3. The van der Waals surface area contributed by atoms with E-state index in [0.717, 1.165) is 17.0 Å².